The second-order valence-corrected chi connectivity index (χ2v) is 8.88. The fourth-order valence-corrected chi connectivity index (χ4v) is 5.01. The quantitative estimate of drug-likeness (QED) is 0.303. The number of fused-ring (bicyclic) bond motifs is 8. The van der Waals surface area contributed by atoms with Gasteiger partial charge < -0.3 is 9.47 Å². The van der Waals surface area contributed by atoms with Crippen LogP contribution in [-0.2, 0) is 0 Å². The molecule has 0 N–H and O–H groups in total. The maximum absolute atomic E-state index is 5.37. The standard InChI is InChI=1S/C30H22N6O2/c1-37-21-15-11-19(12-16-21)35-29-25-9-5-6-10-26(25)30-28(24-8-4-3-7-23(24)27(29)31-33-35)32-34-36(30)20-13-17-22(38-2)18-14-20/h3-18H,1-2H3. The van der Waals surface area contributed by atoms with E-state index in [4.69, 9.17) is 9.47 Å². The number of benzene rings is 4. The highest BCUT2D eigenvalue weighted by molar-refractivity contribution is 5.99. The van der Waals surface area contributed by atoms with E-state index in [1.807, 2.05) is 82.2 Å². The van der Waals surface area contributed by atoms with E-state index in [0.29, 0.717) is 0 Å². The summed E-state index contributed by atoms with van der Waals surface area (Å²) < 4.78 is 14.5. The normalized spacial score (nSPS) is 11.4. The molecular formula is C30H22N6O2. The monoisotopic (exact) mass is 498 g/mol. The van der Waals surface area contributed by atoms with Crippen LogP contribution in [0.2, 0.25) is 0 Å². The zero-order valence-electron chi connectivity index (χ0n) is 20.7. The van der Waals surface area contributed by atoms with Gasteiger partial charge >= 0.3 is 0 Å². The Kier molecular flexibility index (Phi) is 5.04. The summed E-state index contributed by atoms with van der Waals surface area (Å²) in [6, 6.07) is 32.0. The Balaban J connectivity index is 1.54. The Bertz CT molecular complexity index is 1650. The van der Waals surface area contributed by atoms with Gasteiger partial charge in [0.15, 0.2) is 0 Å². The van der Waals surface area contributed by atoms with E-state index in [9.17, 15) is 0 Å². The van der Waals surface area contributed by atoms with Crippen LogP contribution in [0, 0.1) is 0 Å². The summed E-state index contributed by atoms with van der Waals surface area (Å²) >= 11 is 0. The Morgan fingerprint density at radius 2 is 0.842 bits per heavy atom. The van der Waals surface area contributed by atoms with Gasteiger partial charge in [0, 0.05) is 22.3 Å². The molecule has 8 heteroatoms. The number of nitrogens with zero attached hydrogens (tertiary/aromatic N) is 6. The summed E-state index contributed by atoms with van der Waals surface area (Å²) in [5.41, 5.74) is 8.98. The lowest BCUT2D eigenvalue weighted by Gasteiger charge is -2.19. The minimum Gasteiger partial charge on any atom is -0.497 e. The molecule has 184 valence electrons. The van der Waals surface area contributed by atoms with E-state index >= 15 is 0 Å². The molecule has 6 aromatic rings. The summed E-state index contributed by atoms with van der Waals surface area (Å²) in [4.78, 5) is 0. The number of rotatable bonds is 4. The minimum absolute atomic E-state index is 0.779. The topological polar surface area (TPSA) is 79.9 Å². The number of hydrogen-bond acceptors (Lipinski definition) is 6. The van der Waals surface area contributed by atoms with Gasteiger partial charge in [-0.1, -0.05) is 59.0 Å². The van der Waals surface area contributed by atoms with Crippen LogP contribution >= 0.6 is 0 Å². The molecule has 0 saturated carbocycles. The van der Waals surface area contributed by atoms with Gasteiger partial charge in [-0.2, -0.15) is 0 Å². The fourth-order valence-electron chi connectivity index (χ4n) is 5.01. The van der Waals surface area contributed by atoms with Crippen molar-refractivity contribution >= 4 is 0 Å². The highest BCUT2D eigenvalue weighted by Crippen LogP contribution is 2.47. The largest absolute Gasteiger partial charge is 0.497 e. The first-order valence-corrected chi connectivity index (χ1v) is 12.2. The molecule has 0 bridgehead atoms. The van der Waals surface area contributed by atoms with E-state index in [-0.39, 0.29) is 0 Å². The highest BCUT2D eigenvalue weighted by atomic mass is 16.5. The van der Waals surface area contributed by atoms with Gasteiger partial charge in [0.1, 0.15) is 34.3 Å². The van der Waals surface area contributed by atoms with Crippen molar-refractivity contribution < 1.29 is 9.47 Å². The SMILES string of the molecule is COc1ccc(-n2nnc3c2-c2ccccc2-c2c(nnn2-c2ccc(OC)cc2)-c2ccccc2-3)cc1. The van der Waals surface area contributed by atoms with Crippen molar-refractivity contribution in [3.63, 3.8) is 0 Å². The number of ether oxygens (including phenoxy) is 2. The number of methoxy groups -OCH3 is 2. The van der Waals surface area contributed by atoms with Crippen LogP contribution in [0.5, 0.6) is 11.5 Å². The zero-order valence-corrected chi connectivity index (χ0v) is 20.7. The summed E-state index contributed by atoms with van der Waals surface area (Å²) in [5.74, 6) is 1.56. The Labute approximate surface area is 218 Å². The first-order valence-electron chi connectivity index (χ1n) is 12.2. The Morgan fingerprint density at radius 3 is 1.21 bits per heavy atom. The molecule has 8 nitrogen and oxygen atoms in total. The molecule has 7 rings (SSSR count). The van der Waals surface area contributed by atoms with E-state index in [2.05, 4.69) is 44.9 Å². The van der Waals surface area contributed by atoms with Crippen LogP contribution in [0.4, 0.5) is 0 Å². The zero-order chi connectivity index (χ0) is 25.6. The summed E-state index contributed by atoms with van der Waals surface area (Å²) in [7, 11) is 3.32. The molecule has 1 aliphatic carbocycles. The number of hydrogen-bond donors (Lipinski definition) is 0. The molecule has 0 aliphatic heterocycles. The molecule has 0 atom stereocenters. The molecule has 0 fully saturated rings. The lowest BCUT2D eigenvalue weighted by Crippen LogP contribution is -2.05. The fraction of sp³-hybridized carbons (Fsp3) is 0.0667. The molecule has 0 saturated heterocycles. The van der Waals surface area contributed by atoms with Crippen molar-refractivity contribution in [1.82, 2.24) is 30.0 Å². The second kappa shape index (κ2) is 8.70. The van der Waals surface area contributed by atoms with Crippen molar-refractivity contribution in [2.75, 3.05) is 14.2 Å². The van der Waals surface area contributed by atoms with Crippen LogP contribution in [0.1, 0.15) is 0 Å². The summed E-state index contributed by atoms with van der Waals surface area (Å²) in [5, 5.41) is 18.6. The van der Waals surface area contributed by atoms with E-state index in [1.165, 1.54) is 0 Å². The van der Waals surface area contributed by atoms with Gasteiger partial charge in [-0.05, 0) is 48.5 Å². The van der Waals surface area contributed by atoms with Gasteiger partial charge in [-0.15, -0.1) is 10.2 Å². The van der Waals surface area contributed by atoms with Crippen molar-refractivity contribution in [3.8, 4) is 67.9 Å². The average molecular weight is 499 g/mol. The van der Waals surface area contributed by atoms with E-state index < -0.39 is 0 Å². The molecule has 2 aromatic heterocycles. The third kappa shape index (κ3) is 3.31. The van der Waals surface area contributed by atoms with Gasteiger partial charge in [0.25, 0.3) is 0 Å². The average Bonchev–Trinajstić information content (AvgIpc) is 3.61. The van der Waals surface area contributed by atoms with Crippen LogP contribution < -0.4 is 9.47 Å². The van der Waals surface area contributed by atoms with Gasteiger partial charge in [0.05, 0.1) is 25.6 Å². The van der Waals surface area contributed by atoms with E-state index in [0.717, 1.165) is 67.9 Å². The molecule has 38 heavy (non-hydrogen) atoms. The Hall–Kier alpha value is -5.24. The van der Waals surface area contributed by atoms with E-state index in [1.54, 1.807) is 14.2 Å². The molecule has 2 heterocycles. The van der Waals surface area contributed by atoms with Gasteiger partial charge in [-0.3, -0.25) is 0 Å². The molecule has 0 amide bonds. The van der Waals surface area contributed by atoms with Gasteiger partial charge in [-0.25, -0.2) is 9.36 Å². The van der Waals surface area contributed by atoms with Crippen LogP contribution in [0.25, 0.3) is 56.4 Å². The third-order valence-electron chi connectivity index (χ3n) is 6.85. The molecular weight excluding hydrogens is 476 g/mol. The van der Waals surface area contributed by atoms with Crippen LogP contribution in [-0.4, -0.2) is 44.2 Å². The summed E-state index contributed by atoms with van der Waals surface area (Å²) in [6.07, 6.45) is 0. The molecule has 0 radical (unpaired) electrons. The van der Waals surface area contributed by atoms with Crippen molar-refractivity contribution in [2.45, 2.75) is 0 Å². The minimum atomic E-state index is 0.779. The lowest BCUT2D eigenvalue weighted by atomic mass is 9.89. The van der Waals surface area contributed by atoms with Crippen molar-refractivity contribution in [2.24, 2.45) is 0 Å². The number of aromatic nitrogens is 6. The molecule has 0 unspecified atom stereocenters. The smallest absolute Gasteiger partial charge is 0.122 e. The lowest BCUT2D eigenvalue weighted by molar-refractivity contribution is 0.414. The summed E-state index contributed by atoms with van der Waals surface area (Å²) in [6.45, 7) is 0. The maximum atomic E-state index is 5.37. The first kappa shape index (κ1) is 22.0. The second-order valence-electron chi connectivity index (χ2n) is 8.88. The molecule has 0 spiro atoms. The van der Waals surface area contributed by atoms with Crippen LogP contribution in [0.3, 0.4) is 0 Å². The van der Waals surface area contributed by atoms with Crippen molar-refractivity contribution in [1.29, 1.82) is 0 Å². The van der Waals surface area contributed by atoms with Crippen LogP contribution in [0.15, 0.2) is 97.1 Å². The first-order chi connectivity index (χ1) is 18.8. The molecule has 4 aromatic carbocycles. The maximum Gasteiger partial charge on any atom is 0.122 e. The molecule has 1 aliphatic rings. The predicted molar refractivity (Wildman–Crippen MR) is 145 cm³/mol. The predicted octanol–water partition coefficient (Wildman–Crippen LogP) is 5.85. The highest BCUT2D eigenvalue weighted by Gasteiger charge is 2.30. The Morgan fingerprint density at radius 1 is 0.474 bits per heavy atom. The van der Waals surface area contributed by atoms with Crippen molar-refractivity contribution in [3.05, 3.63) is 97.1 Å². The van der Waals surface area contributed by atoms with Gasteiger partial charge in [0.2, 0.25) is 0 Å². The third-order valence-corrected chi connectivity index (χ3v) is 6.85.